The Morgan fingerprint density at radius 1 is 1.62 bits per heavy atom. The maximum absolute atomic E-state index is 10.7. The average molecular weight is 185 g/mol. The van der Waals surface area contributed by atoms with Crippen LogP contribution in [0.5, 0.6) is 0 Å². The van der Waals surface area contributed by atoms with E-state index < -0.39 is 5.97 Å². The molecule has 0 spiro atoms. The van der Waals surface area contributed by atoms with Crippen LogP contribution in [0.1, 0.15) is 26.2 Å². The van der Waals surface area contributed by atoms with Crippen LogP contribution in [0.25, 0.3) is 0 Å². The molecule has 76 valence electrons. The third-order valence-corrected chi connectivity index (χ3v) is 2.90. The van der Waals surface area contributed by atoms with Gasteiger partial charge in [-0.2, -0.15) is 0 Å². The molecule has 0 bridgehead atoms. The fourth-order valence-corrected chi connectivity index (χ4v) is 2.07. The first-order valence-corrected chi connectivity index (χ1v) is 4.97. The smallest absolute Gasteiger partial charge is 0.306 e. The SMILES string of the molecule is CCCC(C1CC1C(=O)O)N(C)C. The van der Waals surface area contributed by atoms with Crippen LogP contribution in [0.15, 0.2) is 0 Å². The zero-order valence-electron chi connectivity index (χ0n) is 8.66. The van der Waals surface area contributed by atoms with E-state index in [0.29, 0.717) is 12.0 Å². The van der Waals surface area contributed by atoms with Crippen LogP contribution >= 0.6 is 0 Å². The zero-order chi connectivity index (χ0) is 10.0. The lowest BCUT2D eigenvalue weighted by molar-refractivity contribution is -0.139. The van der Waals surface area contributed by atoms with E-state index in [4.69, 9.17) is 5.11 Å². The standard InChI is InChI=1S/C10H19NO2/c1-4-5-9(11(2)3)7-6-8(7)10(12)13/h7-9H,4-6H2,1-3H3,(H,12,13). The Morgan fingerprint density at radius 2 is 2.23 bits per heavy atom. The summed E-state index contributed by atoms with van der Waals surface area (Å²) in [5.41, 5.74) is 0. The maximum atomic E-state index is 10.7. The first-order valence-electron chi connectivity index (χ1n) is 4.97. The second-order valence-corrected chi connectivity index (χ2v) is 4.16. The number of rotatable bonds is 5. The van der Waals surface area contributed by atoms with Crippen molar-refractivity contribution in [2.75, 3.05) is 14.1 Å². The van der Waals surface area contributed by atoms with Gasteiger partial charge in [-0.15, -0.1) is 0 Å². The third kappa shape index (κ3) is 2.44. The van der Waals surface area contributed by atoms with Gasteiger partial charge in [0.05, 0.1) is 5.92 Å². The lowest BCUT2D eigenvalue weighted by Crippen LogP contribution is -2.31. The number of aliphatic carboxylic acids is 1. The molecule has 13 heavy (non-hydrogen) atoms. The fourth-order valence-electron chi connectivity index (χ4n) is 2.07. The van der Waals surface area contributed by atoms with E-state index in [1.807, 2.05) is 14.1 Å². The second-order valence-electron chi connectivity index (χ2n) is 4.16. The van der Waals surface area contributed by atoms with Crippen molar-refractivity contribution in [2.45, 2.75) is 32.2 Å². The number of carboxylic acids is 1. The highest BCUT2D eigenvalue weighted by atomic mass is 16.4. The molecular weight excluding hydrogens is 166 g/mol. The van der Waals surface area contributed by atoms with Gasteiger partial charge in [0, 0.05) is 6.04 Å². The Kier molecular flexibility index (Phi) is 3.31. The van der Waals surface area contributed by atoms with Gasteiger partial charge in [0.25, 0.3) is 0 Å². The molecule has 0 aromatic rings. The Bertz CT molecular complexity index is 191. The molecular formula is C10H19NO2. The molecule has 1 aliphatic rings. The Morgan fingerprint density at radius 3 is 2.54 bits per heavy atom. The summed E-state index contributed by atoms with van der Waals surface area (Å²) in [4.78, 5) is 12.8. The van der Waals surface area contributed by atoms with E-state index in [1.54, 1.807) is 0 Å². The molecule has 1 fully saturated rings. The molecule has 1 N–H and O–H groups in total. The minimum absolute atomic E-state index is 0.0704. The largest absolute Gasteiger partial charge is 0.481 e. The summed E-state index contributed by atoms with van der Waals surface area (Å²) in [5.74, 6) is -0.292. The summed E-state index contributed by atoms with van der Waals surface area (Å²) < 4.78 is 0. The quantitative estimate of drug-likeness (QED) is 0.704. The maximum Gasteiger partial charge on any atom is 0.306 e. The van der Waals surface area contributed by atoms with Gasteiger partial charge in [0.15, 0.2) is 0 Å². The van der Waals surface area contributed by atoms with E-state index in [2.05, 4.69) is 11.8 Å². The van der Waals surface area contributed by atoms with Crippen LogP contribution in [0.4, 0.5) is 0 Å². The van der Waals surface area contributed by atoms with Crippen LogP contribution in [-0.4, -0.2) is 36.1 Å². The lowest BCUT2D eigenvalue weighted by Gasteiger charge is -2.23. The Labute approximate surface area is 79.7 Å². The highest BCUT2D eigenvalue weighted by molar-refractivity contribution is 5.73. The van der Waals surface area contributed by atoms with Crippen molar-refractivity contribution >= 4 is 5.97 Å². The van der Waals surface area contributed by atoms with Gasteiger partial charge in [0.2, 0.25) is 0 Å². The highest BCUT2D eigenvalue weighted by Gasteiger charge is 2.48. The van der Waals surface area contributed by atoms with Crippen molar-refractivity contribution in [1.82, 2.24) is 4.90 Å². The molecule has 0 aliphatic heterocycles. The molecule has 1 rings (SSSR count). The van der Waals surface area contributed by atoms with Gasteiger partial charge >= 0.3 is 5.97 Å². The number of carbonyl (C=O) groups is 1. The lowest BCUT2D eigenvalue weighted by atomic mass is 10.0. The molecule has 1 saturated carbocycles. The van der Waals surface area contributed by atoms with Crippen molar-refractivity contribution in [3.05, 3.63) is 0 Å². The minimum atomic E-state index is -0.618. The monoisotopic (exact) mass is 185 g/mol. The Hall–Kier alpha value is -0.570. The van der Waals surface area contributed by atoms with E-state index in [0.717, 1.165) is 19.3 Å². The highest BCUT2D eigenvalue weighted by Crippen LogP contribution is 2.44. The molecule has 3 atom stereocenters. The van der Waals surface area contributed by atoms with Crippen LogP contribution in [0, 0.1) is 11.8 Å². The van der Waals surface area contributed by atoms with Crippen molar-refractivity contribution in [3.63, 3.8) is 0 Å². The van der Waals surface area contributed by atoms with Crippen molar-refractivity contribution in [2.24, 2.45) is 11.8 Å². The number of hydrogen-bond acceptors (Lipinski definition) is 2. The number of carboxylic acid groups (broad SMARTS) is 1. The van der Waals surface area contributed by atoms with Gasteiger partial charge in [-0.3, -0.25) is 4.79 Å². The molecule has 3 unspecified atom stereocenters. The summed E-state index contributed by atoms with van der Waals surface area (Å²) in [6.45, 7) is 2.15. The molecule has 0 amide bonds. The van der Waals surface area contributed by atoms with E-state index in [9.17, 15) is 4.79 Å². The summed E-state index contributed by atoms with van der Waals surface area (Å²) in [5, 5.41) is 8.80. The van der Waals surface area contributed by atoms with Crippen LogP contribution < -0.4 is 0 Å². The molecule has 0 saturated heterocycles. The molecule has 0 heterocycles. The third-order valence-electron chi connectivity index (χ3n) is 2.90. The van der Waals surface area contributed by atoms with E-state index in [-0.39, 0.29) is 5.92 Å². The van der Waals surface area contributed by atoms with Crippen LogP contribution in [-0.2, 0) is 4.79 Å². The van der Waals surface area contributed by atoms with E-state index >= 15 is 0 Å². The van der Waals surface area contributed by atoms with Gasteiger partial charge in [-0.05, 0) is 32.9 Å². The molecule has 0 radical (unpaired) electrons. The molecule has 0 aromatic carbocycles. The average Bonchev–Trinajstić information content (AvgIpc) is 2.78. The van der Waals surface area contributed by atoms with Gasteiger partial charge in [-0.1, -0.05) is 13.3 Å². The van der Waals surface area contributed by atoms with Gasteiger partial charge in [0.1, 0.15) is 0 Å². The first kappa shape index (κ1) is 10.5. The predicted octanol–water partition coefficient (Wildman–Crippen LogP) is 1.44. The Balaban J connectivity index is 2.44. The molecule has 3 heteroatoms. The predicted molar refractivity (Wildman–Crippen MR) is 51.6 cm³/mol. The topological polar surface area (TPSA) is 40.5 Å². The first-order chi connectivity index (χ1) is 6.07. The molecule has 0 aromatic heterocycles. The van der Waals surface area contributed by atoms with Crippen LogP contribution in [0.3, 0.4) is 0 Å². The van der Waals surface area contributed by atoms with Gasteiger partial charge in [-0.25, -0.2) is 0 Å². The molecule has 3 nitrogen and oxygen atoms in total. The summed E-state index contributed by atoms with van der Waals surface area (Å²) >= 11 is 0. The van der Waals surface area contributed by atoms with Crippen molar-refractivity contribution in [3.8, 4) is 0 Å². The van der Waals surface area contributed by atoms with Crippen molar-refractivity contribution in [1.29, 1.82) is 0 Å². The minimum Gasteiger partial charge on any atom is -0.481 e. The van der Waals surface area contributed by atoms with Crippen LogP contribution in [0.2, 0.25) is 0 Å². The zero-order valence-corrected chi connectivity index (χ0v) is 8.66. The number of hydrogen-bond donors (Lipinski definition) is 1. The second kappa shape index (κ2) is 4.09. The summed E-state index contributed by atoms with van der Waals surface area (Å²) in [6, 6.07) is 0.464. The summed E-state index contributed by atoms with van der Waals surface area (Å²) in [6.07, 6.45) is 3.12. The van der Waals surface area contributed by atoms with Crippen molar-refractivity contribution < 1.29 is 9.90 Å². The molecule has 1 aliphatic carbocycles. The van der Waals surface area contributed by atoms with E-state index in [1.165, 1.54) is 0 Å². The normalized spacial score (nSPS) is 28.9. The number of nitrogens with zero attached hydrogens (tertiary/aromatic N) is 1. The van der Waals surface area contributed by atoms with Gasteiger partial charge < -0.3 is 10.0 Å². The fraction of sp³-hybridized carbons (Fsp3) is 0.900. The summed E-state index contributed by atoms with van der Waals surface area (Å²) in [7, 11) is 4.08.